The van der Waals surface area contributed by atoms with Crippen molar-refractivity contribution in [2.45, 2.75) is 0 Å². The first-order valence-corrected chi connectivity index (χ1v) is 4.53. The molecule has 1 aromatic rings. The van der Waals surface area contributed by atoms with Crippen molar-refractivity contribution < 1.29 is 14.3 Å². The lowest BCUT2D eigenvalue weighted by Gasteiger charge is -1.96. The molecule has 0 saturated heterocycles. The van der Waals surface area contributed by atoms with Crippen LogP contribution in [0.1, 0.15) is 5.56 Å². The SMILES string of the molecule is O=C(O)C=C(F)c1cccc(I)c1. The Bertz CT molecular complexity index is 360. The summed E-state index contributed by atoms with van der Waals surface area (Å²) in [5, 5.41) is 8.30. The molecule has 4 heteroatoms. The normalized spacial score (nSPS) is 11.4. The Morgan fingerprint density at radius 3 is 2.77 bits per heavy atom. The van der Waals surface area contributed by atoms with Gasteiger partial charge in [-0.15, -0.1) is 0 Å². The Morgan fingerprint density at radius 1 is 1.54 bits per heavy atom. The fraction of sp³-hybridized carbons (Fsp3) is 0. The van der Waals surface area contributed by atoms with E-state index >= 15 is 0 Å². The van der Waals surface area contributed by atoms with Crippen molar-refractivity contribution >= 4 is 34.4 Å². The van der Waals surface area contributed by atoms with Gasteiger partial charge in [0.25, 0.3) is 0 Å². The molecule has 1 aromatic carbocycles. The molecule has 0 amide bonds. The lowest BCUT2D eigenvalue weighted by atomic mass is 10.2. The highest BCUT2D eigenvalue weighted by atomic mass is 127. The van der Waals surface area contributed by atoms with Crippen LogP contribution in [0.15, 0.2) is 30.3 Å². The number of carbonyl (C=O) groups is 1. The fourth-order valence-corrected chi connectivity index (χ4v) is 1.37. The van der Waals surface area contributed by atoms with Gasteiger partial charge in [-0.1, -0.05) is 12.1 Å². The summed E-state index contributed by atoms with van der Waals surface area (Å²) >= 11 is 2.03. The fourth-order valence-electron chi connectivity index (χ4n) is 0.829. The first-order chi connectivity index (χ1) is 6.09. The Labute approximate surface area is 88.2 Å². The highest BCUT2D eigenvalue weighted by Crippen LogP contribution is 2.17. The van der Waals surface area contributed by atoms with Gasteiger partial charge in [-0.2, -0.15) is 0 Å². The molecule has 2 nitrogen and oxygen atoms in total. The Balaban J connectivity index is 3.02. The van der Waals surface area contributed by atoms with Crippen molar-refractivity contribution in [1.82, 2.24) is 0 Å². The maximum absolute atomic E-state index is 13.0. The second kappa shape index (κ2) is 4.36. The monoisotopic (exact) mass is 292 g/mol. The van der Waals surface area contributed by atoms with Gasteiger partial charge in [0, 0.05) is 9.13 Å². The minimum atomic E-state index is -1.28. The van der Waals surface area contributed by atoms with E-state index in [2.05, 4.69) is 0 Å². The topological polar surface area (TPSA) is 37.3 Å². The molecule has 13 heavy (non-hydrogen) atoms. The minimum Gasteiger partial charge on any atom is -0.478 e. The second-order valence-electron chi connectivity index (χ2n) is 2.34. The number of aliphatic carboxylic acids is 1. The van der Waals surface area contributed by atoms with Crippen molar-refractivity contribution in [1.29, 1.82) is 0 Å². The molecule has 0 aliphatic carbocycles. The zero-order valence-electron chi connectivity index (χ0n) is 6.50. The summed E-state index contributed by atoms with van der Waals surface area (Å²) in [5.74, 6) is -2.01. The second-order valence-corrected chi connectivity index (χ2v) is 3.59. The zero-order chi connectivity index (χ0) is 9.84. The van der Waals surface area contributed by atoms with Gasteiger partial charge < -0.3 is 5.11 Å². The third-order valence-electron chi connectivity index (χ3n) is 1.35. The maximum atomic E-state index is 13.0. The van der Waals surface area contributed by atoms with E-state index in [4.69, 9.17) is 5.11 Å². The van der Waals surface area contributed by atoms with Crippen LogP contribution in [0.2, 0.25) is 0 Å². The van der Waals surface area contributed by atoms with Crippen molar-refractivity contribution in [2.24, 2.45) is 0 Å². The number of hydrogen-bond acceptors (Lipinski definition) is 1. The number of carboxylic acids is 1. The average molecular weight is 292 g/mol. The summed E-state index contributed by atoms with van der Waals surface area (Å²) in [7, 11) is 0. The summed E-state index contributed by atoms with van der Waals surface area (Å²) in [4.78, 5) is 10.1. The van der Waals surface area contributed by atoms with Gasteiger partial charge in [0.1, 0.15) is 5.83 Å². The van der Waals surface area contributed by atoms with E-state index in [0.717, 1.165) is 3.57 Å². The van der Waals surface area contributed by atoms with Gasteiger partial charge in [0.2, 0.25) is 0 Å². The van der Waals surface area contributed by atoms with Crippen LogP contribution in [0, 0.1) is 3.57 Å². The summed E-state index contributed by atoms with van der Waals surface area (Å²) in [5.41, 5.74) is 0.286. The van der Waals surface area contributed by atoms with E-state index in [1.807, 2.05) is 22.6 Å². The van der Waals surface area contributed by atoms with Gasteiger partial charge in [0.05, 0.1) is 6.08 Å². The minimum absolute atomic E-state index is 0.286. The summed E-state index contributed by atoms with van der Waals surface area (Å²) in [6.45, 7) is 0. The van der Waals surface area contributed by atoms with Crippen molar-refractivity contribution in [3.8, 4) is 0 Å². The molecule has 0 spiro atoms. The quantitative estimate of drug-likeness (QED) is 0.672. The molecule has 0 heterocycles. The third kappa shape index (κ3) is 3.14. The van der Waals surface area contributed by atoms with Crippen LogP contribution >= 0.6 is 22.6 Å². The van der Waals surface area contributed by atoms with Gasteiger partial charge in [-0.3, -0.25) is 0 Å². The molecule has 0 atom stereocenters. The first kappa shape index (κ1) is 10.2. The van der Waals surface area contributed by atoms with Gasteiger partial charge in [-0.25, -0.2) is 9.18 Å². The smallest absolute Gasteiger partial charge is 0.331 e. The third-order valence-corrected chi connectivity index (χ3v) is 2.02. The van der Waals surface area contributed by atoms with Crippen LogP contribution in [-0.4, -0.2) is 11.1 Å². The first-order valence-electron chi connectivity index (χ1n) is 3.45. The van der Waals surface area contributed by atoms with Crippen LogP contribution in [0.25, 0.3) is 5.83 Å². The molecule has 1 rings (SSSR count). The van der Waals surface area contributed by atoms with Crippen LogP contribution in [-0.2, 0) is 4.79 Å². The van der Waals surface area contributed by atoms with Crippen molar-refractivity contribution in [3.63, 3.8) is 0 Å². The highest BCUT2D eigenvalue weighted by molar-refractivity contribution is 14.1. The number of halogens is 2. The lowest BCUT2D eigenvalue weighted by Crippen LogP contribution is -1.89. The van der Waals surface area contributed by atoms with Crippen LogP contribution in [0.4, 0.5) is 4.39 Å². The van der Waals surface area contributed by atoms with Crippen LogP contribution in [0.3, 0.4) is 0 Å². The molecule has 0 radical (unpaired) electrons. The maximum Gasteiger partial charge on any atom is 0.331 e. The molecule has 0 unspecified atom stereocenters. The molecule has 0 aliphatic heterocycles. The number of benzene rings is 1. The Morgan fingerprint density at radius 2 is 2.23 bits per heavy atom. The lowest BCUT2D eigenvalue weighted by molar-refractivity contribution is -0.131. The van der Waals surface area contributed by atoms with Gasteiger partial charge in [-0.05, 0) is 34.7 Å². The Hall–Kier alpha value is -0.910. The molecular formula is C9H6FIO2. The van der Waals surface area contributed by atoms with Crippen molar-refractivity contribution in [2.75, 3.05) is 0 Å². The molecule has 0 saturated carbocycles. The molecule has 0 aliphatic rings. The van der Waals surface area contributed by atoms with E-state index in [1.54, 1.807) is 18.2 Å². The highest BCUT2D eigenvalue weighted by Gasteiger charge is 2.02. The molecule has 0 fully saturated rings. The molecule has 0 bridgehead atoms. The summed E-state index contributed by atoms with van der Waals surface area (Å²) in [6.07, 6.45) is 0.547. The summed E-state index contributed by atoms with van der Waals surface area (Å²) in [6, 6.07) is 6.58. The number of hydrogen-bond donors (Lipinski definition) is 1. The molecule has 0 aromatic heterocycles. The largest absolute Gasteiger partial charge is 0.478 e. The van der Waals surface area contributed by atoms with Gasteiger partial charge in [0.15, 0.2) is 0 Å². The number of carboxylic acid groups (broad SMARTS) is 1. The van der Waals surface area contributed by atoms with E-state index in [1.165, 1.54) is 6.07 Å². The molecular weight excluding hydrogens is 286 g/mol. The Kier molecular flexibility index (Phi) is 3.41. The van der Waals surface area contributed by atoms with E-state index in [9.17, 15) is 9.18 Å². The average Bonchev–Trinajstić information content (AvgIpc) is 2.03. The standard InChI is InChI=1S/C9H6FIO2/c10-8(5-9(12)13)6-2-1-3-7(11)4-6/h1-5H,(H,12,13). The molecule has 68 valence electrons. The predicted octanol–water partition coefficient (Wildman–Crippen LogP) is 2.69. The van der Waals surface area contributed by atoms with Gasteiger partial charge >= 0.3 is 5.97 Å². The zero-order valence-corrected chi connectivity index (χ0v) is 8.66. The van der Waals surface area contributed by atoms with Crippen LogP contribution < -0.4 is 0 Å². The van der Waals surface area contributed by atoms with E-state index in [0.29, 0.717) is 6.08 Å². The predicted molar refractivity (Wildman–Crippen MR) is 55.9 cm³/mol. The summed E-state index contributed by atoms with van der Waals surface area (Å²) < 4.78 is 13.9. The van der Waals surface area contributed by atoms with Crippen molar-refractivity contribution in [3.05, 3.63) is 39.5 Å². The molecule has 1 N–H and O–H groups in total. The number of rotatable bonds is 2. The van der Waals surface area contributed by atoms with Crippen LogP contribution in [0.5, 0.6) is 0 Å². The van der Waals surface area contributed by atoms with E-state index in [-0.39, 0.29) is 5.56 Å². The van der Waals surface area contributed by atoms with E-state index < -0.39 is 11.8 Å².